The number of aryl methyl sites for hydroxylation is 4. The summed E-state index contributed by atoms with van der Waals surface area (Å²) < 4.78 is 4.65. The summed E-state index contributed by atoms with van der Waals surface area (Å²) in [4.78, 5) is 0. The van der Waals surface area contributed by atoms with Crippen LogP contribution in [0.3, 0.4) is 0 Å². The van der Waals surface area contributed by atoms with Gasteiger partial charge in [-0.1, -0.05) is 23.8 Å². The van der Waals surface area contributed by atoms with Crippen LogP contribution in [0.1, 0.15) is 22.3 Å². The largest absolute Gasteiger partial charge is 0.295 e. The number of pyridine rings is 1. The summed E-state index contributed by atoms with van der Waals surface area (Å²) in [6.07, 6.45) is 2.16. The molecule has 0 spiro atoms. The normalized spacial score (nSPS) is 11.5. The molecule has 2 nitrogen and oxygen atoms in total. The highest BCUT2D eigenvalue weighted by atomic mass is 15.1. The molecule has 2 aromatic heterocycles. The van der Waals surface area contributed by atoms with Crippen LogP contribution in [0.5, 0.6) is 0 Å². The Balaban J connectivity index is 2.30. The minimum atomic E-state index is 1.25. The number of hydrogen-bond acceptors (Lipinski definition) is 0. The minimum Gasteiger partial charge on any atom is -0.236 e. The van der Waals surface area contributed by atoms with Gasteiger partial charge in [0.1, 0.15) is 11.2 Å². The van der Waals surface area contributed by atoms with Gasteiger partial charge in [0.05, 0.1) is 18.6 Å². The highest BCUT2D eigenvalue weighted by molar-refractivity contribution is 6.08. The first-order valence-corrected chi connectivity index (χ1v) is 8.45. The number of fused-ring (bicyclic) bond motifs is 3. The van der Waals surface area contributed by atoms with E-state index in [0.29, 0.717) is 0 Å². The first-order chi connectivity index (χ1) is 11.5. The third-order valence-electron chi connectivity index (χ3n) is 5.19. The van der Waals surface area contributed by atoms with E-state index in [1.807, 2.05) is 0 Å². The lowest BCUT2D eigenvalue weighted by Gasteiger charge is -2.08. The van der Waals surface area contributed by atoms with Gasteiger partial charge >= 0.3 is 0 Å². The van der Waals surface area contributed by atoms with Crippen molar-refractivity contribution in [2.24, 2.45) is 7.05 Å². The van der Waals surface area contributed by atoms with Crippen molar-refractivity contribution >= 4 is 21.9 Å². The van der Waals surface area contributed by atoms with Gasteiger partial charge in [-0.05, 0) is 68.7 Å². The molecule has 2 heteroatoms. The summed E-state index contributed by atoms with van der Waals surface area (Å²) in [5, 5.41) is 2.68. The summed E-state index contributed by atoms with van der Waals surface area (Å²) in [7, 11) is 2.13. The molecule has 24 heavy (non-hydrogen) atoms. The summed E-state index contributed by atoms with van der Waals surface area (Å²) in [6.45, 7) is 8.77. The van der Waals surface area contributed by atoms with E-state index in [4.69, 9.17) is 0 Å². The SMILES string of the molecule is Cc1ccc2c(c1)c1c(C)cc[n+](C)c1n2-c1cccc(C)c1C. The topological polar surface area (TPSA) is 8.81 Å². The van der Waals surface area contributed by atoms with Gasteiger partial charge in [0.2, 0.25) is 0 Å². The van der Waals surface area contributed by atoms with Crippen molar-refractivity contribution in [3.05, 3.63) is 70.9 Å². The molecule has 0 aliphatic rings. The lowest BCUT2D eigenvalue weighted by molar-refractivity contribution is -0.647. The van der Waals surface area contributed by atoms with Crippen molar-refractivity contribution in [2.45, 2.75) is 27.7 Å². The summed E-state index contributed by atoms with van der Waals surface area (Å²) in [5.41, 5.74) is 9.07. The minimum absolute atomic E-state index is 1.25. The Kier molecular flexibility index (Phi) is 3.24. The Hall–Kier alpha value is -2.61. The predicted molar refractivity (Wildman–Crippen MR) is 101 cm³/mol. The molecule has 0 radical (unpaired) electrons. The quantitative estimate of drug-likeness (QED) is 0.444. The first-order valence-electron chi connectivity index (χ1n) is 8.45. The molecular formula is C22H23N2+. The van der Waals surface area contributed by atoms with E-state index < -0.39 is 0 Å². The number of benzene rings is 2. The fourth-order valence-electron chi connectivity index (χ4n) is 3.71. The number of aromatic nitrogens is 2. The van der Waals surface area contributed by atoms with Crippen LogP contribution in [-0.4, -0.2) is 4.57 Å². The Morgan fingerprint density at radius 3 is 2.46 bits per heavy atom. The van der Waals surface area contributed by atoms with Gasteiger partial charge < -0.3 is 0 Å². The van der Waals surface area contributed by atoms with Crippen LogP contribution in [0.4, 0.5) is 0 Å². The lowest BCUT2D eigenvalue weighted by Crippen LogP contribution is -2.30. The molecule has 0 unspecified atom stereocenters. The fourth-order valence-corrected chi connectivity index (χ4v) is 3.71. The molecule has 0 bridgehead atoms. The summed E-state index contributed by atoms with van der Waals surface area (Å²) >= 11 is 0. The van der Waals surface area contributed by atoms with Gasteiger partial charge in [-0.15, -0.1) is 0 Å². The van der Waals surface area contributed by atoms with Crippen molar-refractivity contribution in [1.29, 1.82) is 0 Å². The maximum absolute atomic E-state index is 2.42. The van der Waals surface area contributed by atoms with Crippen LogP contribution in [0.25, 0.3) is 27.6 Å². The molecule has 0 saturated carbocycles. The molecule has 0 fully saturated rings. The molecule has 2 heterocycles. The number of rotatable bonds is 1. The summed E-state index contributed by atoms with van der Waals surface area (Å²) in [5.74, 6) is 0. The van der Waals surface area contributed by atoms with Crippen LogP contribution in [-0.2, 0) is 7.05 Å². The third-order valence-corrected chi connectivity index (χ3v) is 5.19. The van der Waals surface area contributed by atoms with Crippen LogP contribution >= 0.6 is 0 Å². The maximum atomic E-state index is 2.42. The smallest absolute Gasteiger partial charge is 0.236 e. The zero-order valence-electron chi connectivity index (χ0n) is 15.0. The van der Waals surface area contributed by atoms with Crippen LogP contribution in [0.2, 0.25) is 0 Å². The first kappa shape index (κ1) is 14.9. The van der Waals surface area contributed by atoms with Gasteiger partial charge in [0, 0.05) is 5.39 Å². The Bertz CT molecular complexity index is 1100. The average Bonchev–Trinajstić information content (AvgIpc) is 2.89. The van der Waals surface area contributed by atoms with Crippen molar-refractivity contribution in [1.82, 2.24) is 4.57 Å². The van der Waals surface area contributed by atoms with Gasteiger partial charge in [-0.25, -0.2) is 4.57 Å². The second-order valence-electron chi connectivity index (χ2n) is 6.88. The standard InChI is InChI=1S/C22H23N2/c1-14-9-10-20-18(13-14)21-16(3)11-12-23(5)22(21)24(20)19-8-6-7-15(2)17(19)4/h6-13H,1-5H3/q+1. The average molecular weight is 315 g/mol. The van der Waals surface area contributed by atoms with E-state index in [1.165, 1.54) is 49.9 Å². The molecule has 0 saturated heterocycles. The van der Waals surface area contributed by atoms with E-state index >= 15 is 0 Å². The Labute approximate surface area is 143 Å². The van der Waals surface area contributed by atoms with Gasteiger partial charge in [0.15, 0.2) is 0 Å². The van der Waals surface area contributed by atoms with Crippen LogP contribution in [0.15, 0.2) is 48.7 Å². The fraction of sp³-hybridized carbons (Fsp3) is 0.227. The second kappa shape index (κ2) is 5.20. The Morgan fingerprint density at radius 1 is 0.875 bits per heavy atom. The molecule has 0 N–H and O–H groups in total. The number of nitrogens with zero attached hydrogens (tertiary/aromatic N) is 2. The predicted octanol–water partition coefficient (Wildman–Crippen LogP) is 4.84. The van der Waals surface area contributed by atoms with E-state index in [-0.39, 0.29) is 0 Å². The molecule has 120 valence electrons. The molecule has 2 aromatic carbocycles. The molecular weight excluding hydrogens is 292 g/mol. The van der Waals surface area contributed by atoms with Gasteiger partial charge in [-0.2, -0.15) is 4.57 Å². The van der Waals surface area contributed by atoms with Gasteiger partial charge in [0.25, 0.3) is 5.65 Å². The van der Waals surface area contributed by atoms with Crippen molar-refractivity contribution in [3.8, 4) is 5.69 Å². The number of hydrogen-bond donors (Lipinski definition) is 0. The van der Waals surface area contributed by atoms with Crippen LogP contribution < -0.4 is 4.57 Å². The monoisotopic (exact) mass is 315 g/mol. The van der Waals surface area contributed by atoms with Crippen molar-refractivity contribution in [3.63, 3.8) is 0 Å². The zero-order valence-corrected chi connectivity index (χ0v) is 15.0. The Morgan fingerprint density at radius 2 is 1.67 bits per heavy atom. The molecule has 0 atom stereocenters. The van der Waals surface area contributed by atoms with E-state index in [2.05, 4.69) is 92.5 Å². The molecule has 0 aliphatic heterocycles. The third kappa shape index (κ3) is 1.99. The van der Waals surface area contributed by atoms with E-state index in [0.717, 1.165) is 0 Å². The van der Waals surface area contributed by atoms with Crippen molar-refractivity contribution < 1.29 is 4.57 Å². The van der Waals surface area contributed by atoms with Crippen molar-refractivity contribution in [2.75, 3.05) is 0 Å². The zero-order chi connectivity index (χ0) is 17.0. The highest BCUT2D eigenvalue weighted by Gasteiger charge is 2.24. The summed E-state index contributed by atoms with van der Waals surface area (Å²) in [6, 6.07) is 15.5. The highest BCUT2D eigenvalue weighted by Crippen LogP contribution is 2.34. The van der Waals surface area contributed by atoms with Gasteiger partial charge in [-0.3, -0.25) is 0 Å². The van der Waals surface area contributed by atoms with E-state index in [9.17, 15) is 0 Å². The van der Waals surface area contributed by atoms with E-state index in [1.54, 1.807) is 0 Å². The second-order valence-corrected chi connectivity index (χ2v) is 6.88. The maximum Gasteiger partial charge on any atom is 0.295 e. The molecule has 0 amide bonds. The molecule has 4 aromatic rings. The molecule has 0 aliphatic carbocycles. The molecule has 4 rings (SSSR count). The lowest BCUT2D eigenvalue weighted by atomic mass is 10.1. The van der Waals surface area contributed by atoms with Crippen LogP contribution in [0, 0.1) is 27.7 Å².